The number of nitrogens with two attached hydrogens (primary N) is 1. The van der Waals surface area contributed by atoms with E-state index >= 15 is 0 Å². The van der Waals surface area contributed by atoms with Crippen molar-refractivity contribution in [3.05, 3.63) is 75.3 Å². The summed E-state index contributed by atoms with van der Waals surface area (Å²) in [5.74, 6) is 1.38. The number of ether oxygens (including phenoxy) is 1. The van der Waals surface area contributed by atoms with E-state index in [1.54, 1.807) is 0 Å². The van der Waals surface area contributed by atoms with Crippen LogP contribution in [0.2, 0.25) is 10.0 Å². The summed E-state index contributed by atoms with van der Waals surface area (Å²) in [6, 6.07) is 13.3. The lowest BCUT2D eigenvalue weighted by molar-refractivity contribution is 0.0655. The van der Waals surface area contributed by atoms with Crippen LogP contribution in [0.1, 0.15) is 28.9 Å². The van der Waals surface area contributed by atoms with Crippen LogP contribution >= 0.6 is 23.2 Å². The SMILES string of the molecule is NCc1nnc2n1-c1ccc(Cl)cc1C(c1ccccc1Cl)OC2. The van der Waals surface area contributed by atoms with Gasteiger partial charge in [-0.05, 0) is 24.3 Å². The van der Waals surface area contributed by atoms with E-state index in [9.17, 15) is 0 Å². The molecule has 0 amide bonds. The molecule has 3 aromatic rings. The first-order valence-corrected chi connectivity index (χ1v) is 8.23. The lowest BCUT2D eigenvalue weighted by Gasteiger charge is -2.20. The van der Waals surface area contributed by atoms with Gasteiger partial charge in [-0.3, -0.25) is 4.57 Å². The van der Waals surface area contributed by atoms with E-state index in [1.807, 2.05) is 47.0 Å². The minimum atomic E-state index is -0.347. The molecule has 0 saturated carbocycles. The molecule has 2 N–H and O–H groups in total. The van der Waals surface area contributed by atoms with Crippen molar-refractivity contribution in [1.29, 1.82) is 0 Å². The van der Waals surface area contributed by atoms with Crippen molar-refractivity contribution in [3.8, 4) is 5.69 Å². The zero-order valence-electron chi connectivity index (χ0n) is 12.6. The van der Waals surface area contributed by atoms with Crippen LogP contribution in [-0.2, 0) is 17.9 Å². The Morgan fingerprint density at radius 3 is 2.75 bits per heavy atom. The van der Waals surface area contributed by atoms with Gasteiger partial charge in [0.15, 0.2) is 11.6 Å². The van der Waals surface area contributed by atoms with E-state index in [2.05, 4.69) is 10.2 Å². The van der Waals surface area contributed by atoms with Gasteiger partial charge in [-0.25, -0.2) is 0 Å². The summed E-state index contributed by atoms with van der Waals surface area (Å²) < 4.78 is 8.06. The molecule has 7 heteroatoms. The lowest BCUT2D eigenvalue weighted by atomic mass is 9.99. The smallest absolute Gasteiger partial charge is 0.163 e. The minimum absolute atomic E-state index is 0.284. The Bertz CT molecular complexity index is 909. The average molecular weight is 361 g/mol. The highest BCUT2D eigenvalue weighted by Crippen LogP contribution is 2.38. The minimum Gasteiger partial charge on any atom is -0.361 e. The van der Waals surface area contributed by atoms with Crippen LogP contribution in [0.25, 0.3) is 5.69 Å². The normalized spacial score (nSPS) is 16.4. The van der Waals surface area contributed by atoms with Crippen molar-refractivity contribution in [3.63, 3.8) is 0 Å². The van der Waals surface area contributed by atoms with Gasteiger partial charge in [-0.2, -0.15) is 0 Å². The van der Waals surface area contributed by atoms with Gasteiger partial charge in [0.25, 0.3) is 0 Å². The fourth-order valence-electron chi connectivity index (χ4n) is 2.99. The van der Waals surface area contributed by atoms with Gasteiger partial charge >= 0.3 is 0 Å². The molecule has 0 bridgehead atoms. The second-order valence-electron chi connectivity index (χ2n) is 5.49. The molecule has 5 nitrogen and oxygen atoms in total. The predicted molar refractivity (Wildman–Crippen MR) is 92.3 cm³/mol. The number of hydrogen-bond acceptors (Lipinski definition) is 4. The largest absolute Gasteiger partial charge is 0.361 e. The van der Waals surface area contributed by atoms with Crippen LogP contribution in [0.15, 0.2) is 42.5 Å². The first kappa shape index (κ1) is 15.6. The molecule has 1 aliphatic heterocycles. The van der Waals surface area contributed by atoms with E-state index in [-0.39, 0.29) is 12.6 Å². The Morgan fingerprint density at radius 1 is 1.12 bits per heavy atom. The summed E-state index contributed by atoms with van der Waals surface area (Å²) in [5.41, 5.74) is 8.51. The monoisotopic (exact) mass is 360 g/mol. The summed E-state index contributed by atoms with van der Waals surface area (Å²) in [6.45, 7) is 0.584. The standard InChI is InChI=1S/C17H14Cl2N4O/c18-10-5-6-14-12(7-10)17(11-3-1-2-4-13(11)19)24-9-16-22-21-15(8-20)23(14)16/h1-7,17H,8-9,20H2. The second kappa shape index (κ2) is 6.18. The fraction of sp³-hybridized carbons (Fsp3) is 0.176. The molecular weight excluding hydrogens is 347 g/mol. The highest BCUT2D eigenvalue weighted by molar-refractivity contribution is 6.31. The van der Waals surface area contributed by atoms with Gasteiger partial charge in [0.05, 0.1) is 12.2 Å². The molecular formula is C17H14Cl2N4O. The maximum absolute atomic E-state index is 6.39. The molecule has 2 heterocycles. The third-order valence-corrected chi connectivity index (χ3v) is 4.64. The summed E-state index contributed by atoms with van der Waals surface area (Å²) in [5, 5.41) is 9.61. The van der Waals surface area contributed by atoms with Crippen LogP contribution < -0.4 is 5.73 Å². The lowest BCUT2D eigenvalue weighted by Crippen LogP contribution is -2.10. The van der Waals surface area contributed by atoms with Crippen LogP contribution in [0, 0.1) is 0 Å². The number of hydrogen-bond donors (Lipinski definition) is 1. The van der Waals surface area contributed by atoms with Crippen LogP contribution in [0.4, 0.5) is 0 Å². The molecule has 24 heavy (non-hydrogen) atoms. The highest BCUT2D eigenvalue weighted by Gasteiger charge is 2.28. The van der Waals surface area contributed by atoms with E-state index in [4.69, 9.17) is 33.7 Å². The van der Waals surface area contributed by atoms with E-state index < -0.39 is 0 Å². The fourth-order valence-corrected chi connectivity index (χ4v) is 3.40. The third kappa shape index (κ3) is 2.50. The zero-order valence-corrected chi connectivity index (χ0v) is 14.1. The Labute approximate surface area is 149 Å². The van der Waals surface area contributed by atoms with Gasteiger partial charge in [-0.15, -0.1) is 10.2 Å². The Kier molecular flexibility index (Phi) is 4.02. The number of halogens is 2. The summed E-state index contributed by atoms with van der Waals surface area (Å²) in [4.78, 5) is 0. The van der Waals surface area contributed by atoms with E-state index in [1.165, 1.54) is 0 Å². The van der Waals surface area contributed by atoms with Gasteiger partial charge in [0.2, 0.25) is 0 Å². The quantitative estimate of drug-likeness (QED) is 0.757. The molecule has 1 aromatic heterocycles. The molecule has 0 spiro atoms. The van der Waals surface area contributed by atoms with E-state index in [0.29, 0.717) is 28.3 Å². The molecule has 2 aromatic carbocycles. The number of nitrogens with zero attached hydrogens (tertiary/aromatic N) is 3. The van der Waals surface area contributed by atoms with Crippen molar-refractivity contribution < 1.29 is 4.74 Å². The Morgan fingerprint density at radius 2 is 1.96 bits per heavy atom. The summed E-state index contributed by atoms with van der Waals surface area (Å²) in [7, 11) is 0. The maximum Gasteiger partial charge on any atom is 0.163 e. The number of rotatable bonds is 2. The van der Waals surface area contributed by atoms with Crippen molar-refractivity contribution >= 4 is 23.2 Å². The molecule has 0 aliphatic carbocycles. The number of benzene rings is 2. The van der Waals surface area contributed by atoms with Crippen molar-refractivity contribution in [2.75, 3.05) is 0 Å². The molecule has 1 unspecified atom stereocenters. The van der Waals surface area contributed by atoms with Gasteiger partial charge in [0.1, 0.15) is 12.7 Å². The number of fused-ring (bicyclic) bond motifs is 3. The Hall–Kier alpha value is -1.92. The van der Waals surface area contributed by atoms with Crippen LogP contribution in [-0.4, -0.2) is 14.8 Å². The topological polar surface area (TPSA) is 66.0 Å². The molecule has 1 aliphatic rings. The average Bonchev–Trinajstić information content (AvgIpc) is 2.93. The first-order chi connectivity index (χ1) is 11.7. The van der Waals surface area contributed by atoms with Crippen LogP contribution in [0.5, 0.6) is 0 Å². The zero-order chi connectivity index (χ0) is 16.7. The molecule has 4 rings (SSSR count). The summed E-state index contributed by atoms with van der Waals surface area (Å²) in [6.07, 6.45) is -0.347. The first-order valence-electron chi connectivity index (χ1n) is 7.48. The molecule has 0 saturated heterocycles. The molecule has 0 radical (unpaired) electrons. The maximum atomic E-state index is 6.39. The highest BCUT2D eigenvalue weighted by atomic mass is 35.5. The van der Waals surface area contributed by atoms with E-state index in [0.717, 1.165) is 16.8 Å². The van der Waals surface area contributed by atoms with Crippen molar-refractivity contribution in [1.82, 2.24) is 14.8 Å². The second-order valence-corrected chi connectivity index (χ2v) is 6.33. The predicted octanol–water partition coefficient (Wildman–Crippen LogP) is 3.65. The summed E-state index contributed by atoms with van der Waals surface area (Å²) >= 11 is 12.6. The Balaban J connectivity index is 1.96. The van der Waals surface area contributed by atoms with Crippen LogP contribution in [0.3, 0.4) is 0 Å². The molecule has 1 atom stereocenters. The van der Waals surface area contributed by atoms with Gasteiger partial charge in [0, 0.05) is 21.2 Å². The molecule has 0 fully saturated rings. The number of aromatic nitrogens is 3. The van der Waals surface area contributed by atoms with Crippen molar-refractivity contribution in [2.24, 2.45) is 5.73 Å². The van der Waals surface area contributed by atoms with Gasteiger partial charge in [-0.1, -0.05) is 41.4 Å². The molecule has 122 valence electrons. The van der Waals surface area contributed by atoms with Gasteiger partial charge < -0.3 is 10.5 Å². The third-order valence-electron chi connectivity index (χ3n) is 4.06. The van der Waals surface area contributed by atoms with Crippen molar-refractivity contribution in [2.45, 2.75) is 19.3 Å².